The molecule has 41 heavy (non-hydrogen) atoms. The van der Waals surface area contributed by atoms with Gasteiger partial charge in [0.2, 0.25) is 0 Å². The van der Waals surface area contributed by atoms with Gasteiger partial charge in [0.05, 0.1) is 0 Å². The average Bonchev–Trinajstić information content (AvgIpc) is 2.93. The SMILES string of the molecule is CC(C)[C@H](N)C(=O)Oc1ccc(/C=C/C(O)=C2\CCC/C(=C\c3ccc(OC(=O)[C@@H](N)C(C)C)cc3)C2=O)cc1.Cl. The summed E-state index contributed by atoms with van der Waals surface area (Å²) in [6.07, 6.45) is 6.77. The highest BCUT2D eigenvalue weighted by Gasteiger charge is 2.24. The minimum Gasteiger partial charge on any atom is -0.508 e. The van der Waals surface area contributed by atoms with Crippen LogP contribution in [0, 0.1) is 11.8 Å². The van der Waals surface area contributed by atoms with Crippen molar-refractivity contribution in [2.45, 2.75) is 59.0 Å². The van der Waals surface area contributed by atoms with Gasteiger partial charge in [0, 0.05) is 11.1 Å². The van der Waals surface area contributed by atoms with Crippen LogP contribution >= 0.6 is 12.4 Å². The summed E-state index contributed by atoms with van der Waals surface area (Å²) in [7, 11) is 0. The molecule has 0 saturated heterocycles. The number of Topliss-reactive ketones (excluding diaryl/α,β-unsaturated/α-hetero) is 1. The van der Waals surface area contributed by atoms with E-state index >= 15 is 0 Å². The number of hydrogen-bond donors (Lipinski definition) is 3. The average molecular weight is 583 g/mol. The number of nitrogens with two attached hydrogens (primary N) is 2. The predicted molar refractivity (Wildman–Crippen MR) is 163 cm³/mol. The van der Waals surface area contributed by atoms with Gasteiger partial charge in [-0.05, 0) is 78.6 Å². The largest absolute Gasteiger partial charge is 0.508 e. The van der Waals surface area contributed by atoms with Gasteiger partial charge < -0.3 is 26.0 Å². The maximum Gasteiger partial charge on any atom is 0.328 e. The molecule has 1 aliphatic carbocycles. The summed E-state index contributed by atoms with van der Waals surface area (Å²) in [5.74, 6) is -0.578. The second-order valence-electron chi connectivity index (χ2n) is 10.6. The molecule has 3 rings (SSSR count). The molecule has 5 N–H and O–H groups in total. The number of aliphatic hydroxyl groups is 1. The van der Waals surface area contributed by atoms with Crippen molar-refractivity contribution in [3.8, 4) is 11.5 Å². The first-order chi connectivity index (χ1) is 19.0. The monoisotopic (exact) mass is 582 g/mol. The van der Waals surface area contributed by atoms with Gasteiger partial charge in [-0.25, -0.2) is 9.59 Å². The Kier molecular flexibility index (Phi) is 12.5. The Morgan fingerprint density at radius 1 is 0.805 bits per heavy atom. The number of halogens is 1. The summed E-state index contributed by atoms with van der Waals surface area (Å²) in [6, 6.07) is 12.2. The lowest BCUT2D eigenvalue weighted by atomic mass is 9.87. The number of carbonyl (C=O) groups excluding carboxylic acids is 3. The maximum atomic E-state index is 13.1. The molecule has 0 aromatic heterocycles. The third-order valence-electron chi connectivity index (χ3n) is 6.70. The van der Waals surface area contributed by atoms with Gasteiger partial charge in [-0.3, -0.25) is 4.79 Å². The quantitative estimate of drug-likeness (QED) is 0.151. The van der Waals surface area contributed by atoms with Crippen LogP contribution in [0.15, 0.2) is 71.5 Å². The molecule has 0 amide bonds. The first kappa shape index (κ1) is 33.5. The van der Waals surface area contributed by atoms with Gasteiger partial charge >= 0.3 is 11.9 Å². The maximum absolute atomic E-state index is 13.1. The van der Waals surface area contributed by atoms with E-state index < -0.39 is 24.0 Å². The molecular weight excluding hydrogens is 544 g/mol. The number of ether oxygens (including phenoxy) is 2. The minimum absolute atomic E-state index is 0. The van der Waals surface area contributed by atoms with Gasteiger partial charge in [0.25, 0.3) is 0 Å². The molecule has 0 spiro atoms. The highest BCUT2D eigenvalue weighted by molar-refractivity contribution is 6.12. The van der Waals surface area contributed by atoms with Crippen LogP contribution in [-0.2, 0) is 14.4 Å². The molecule has 2 aromatic rings. The highest BCUT2D eigenvalue weighted by Crippen LogP contribution is 2.29. The Morgan fingerprint density at radius 2 is 1.27 bits per heavy atom. The molecular formula is C32H39ClN2O6. The van der Waals surface area contributed by atoms with Crippen LogP contribution in [0.4, 0.5) is 0 Å². The fraction of sp³-hybridized carbons (Fsp3) is 0.344. The second-order valence-corrected chi connectivity index (χ2v) is 10.6. The Hall–Kier alpha value is -3.72. The fourth-order valence-electron chi connectivity index (χ4n) is 3.93. The normalized spacial score (nSPS) is 17.4. The van der Waals surface area contributed by atoms with E-state index in [4.69, 9.17) is 20.9 Å². The Bertz CT molecular complexity index is 1310. The molecule has 0 bridgehead atoms. The zero-order chi connectivity index (χ0) is 29.4. The zero-order valence-corrected chi connectivity index (χ0v) is 24.6. The molecule has 2 atom stereocenters. The summed E-state index contributed by atoms with van der Waals surface area (Å²) >= 11 is 0. The van der Waals surface area contributed by atoms with E-state index in [0.29, 0.717) is 35.5 Å². The minimum atomic E-state index is -0.702. The van der Waals surface area contributed by atoms with E-state index in [2.05, 4.69) is 0 Å². The van der Waals surface area contributed by atoms with E-state index in [1.807, 2.05) is 27.7 Å². The first-order valence-corrected chi connectivity index (χ1v) is 13.5. The number of allylic oxidation sites excluding steroid dienone is 3. The lowest BCUT2D eigenvalue weighted by Gasteiger charge is -2.17. The summed E-state index contributed by atoms with van der Waals surface area (Å²) < 4.78 is 10.6. The van der Waals surface area contributed by atoms with Crippen LogP contribution in [0.5, 0.6) is 11.5 Å². The number of ketones is 1. The predicted octanol–water partition coefficient (Wildman–Crippen LogP) is 5.55. The molecule has 220 valence electrons. The molecule has 0 heterocycles. The Morgan fingerprint density at radius 3 is 1.73 bits per heavy atom. The summed E-state index contributed by atoms with van der Waals surface area (Å²) in [4.78, 5) is 37.2. The van der Waals surface area contributed by atoms with Crippen molar-refractivity contribution in [1.82, 2.24) is 0 Å². The van der Waals surface area contributed by atoms with Crippen molar-refractivity contribution in [3.63, 3.8) is 0 Å². The molecule has 8 nitrogen and oxygen atoms in total. The van der Waals surface area contributed by atoms with Gasteiger partial charge in [-0.2, -0.15) is 0 Å². The number of aliphatic hydroxyl groups excluding tert-OH is 1. The van der Waals surface area contributed by atoms with Crippen LogP contribution in [0.3, 0.4) is 0 Å². The summed E-state index contributed by atoms with van der Waals surface area (Å²) in [5.41, 5.74) is 14.2. The van der Waals surface area contributed by atoms with E-state index in [0.717, 1.165) is 17.5 Å². The van der Waals surface area contributed by atoms with Crippen molar-refractivity contribution in [2.75, 3.05) is 0 Å². The number of rotatable bonds is 9. The summed E-state index contributed by atoms with van der Waals surface area (Å²) in [6.45, 7) is 7.39. The van der Waals surface area contributed by atoms with Gasteiger partial charge in [0.1, 0.15) is 29.3 Å². The van der Waals surface area contributed by atoms with Crippen molar-refractivity contribution >= 4 is 42.3 Å². The topological polar surface area (TPSA) is 142 Å². The molecule has 1 saturated carbocycles. The van der Waals surface area contributed by atoms with Gasteiger partial charge in [-0.15, -0.1) is 12.4 Å². The molecule has 0 aliphatic heterocycles. The molecule has 1 aliphatic rings. The number of benzene rings is 2. The van der Waals surface area contributed by atoms with Crippen molar-refractivity contribution in [2.24, 2.45) is 23.3 Å². The van der Waals surface area contributed by atoms with Gasteiger partial charge in [-0.1, -0.05) is 58.0 Å². The third-order valence-corrected chi connectivity index (χ3v) is 6.70. The van der Waals surface area contributed by atoms with Crippen molar-refractivity contribution in [3.05, 3.63) is 82.6 Å². The fourth-order valence-corrected chi connectivity index (χ4v) is 3.93. The number of carbonyl (C=O) groups is 3. The van der Waals surface area contributed by atoms with E-state index in [1.165, 1.54) is 6.08 Å². The highest BCUT2D eigenvalue weighted by atomic mass is 35.5. The van der Waals surface area contributed by atoms with E-state index in [1.54, 1.807) is 60.7 Å². The van der Waals surface area contributed by atoms with Crippen LogP contribution < -0.4 is 20.9 Å². The summed E-state index contributed by atoms with van der Waals surface area (Å²) in [5, 5.41) is 10.7. The molecule has 0 unspecified atom stereocenters. The van der Waals surface area contributed by atoms with Gasteiger partial charge in [0.15, 0.2) is 5.78 Å². The lowest BCUT2D eigenvalue weighted by Crippen LogP contribution is -2.38. The standard InChI is InChI=1S/C32H38N2O6.ClH/c1-19(2)28(33)31(37)39-24-13-8-21(9-14-24)12-17-27(35)26-7-5-6-23(30(26)36)18-22-10-15-25(16-11-22)40-32(38)29(34)20(3)4;/h8-20,28-29,35H,5-7,33-34H2,1-4H3;1H/b17-12+,23-18+,27-26-;/t28-,29-;/m0./s1. The zero-order valence-electron chi connectivity index (χ0n) is 23.8. The molecule has 1 fully saturated rings. The van der Waals surface area contributed by atoms with Crippen LogP contribution in [0.1, 0.15) is 58.1 Å². The smallest absolute Gasteiger partial charge is 0.328 e. The first-order valence-electron chi connectivity index (χ1n) is 13.5. The number of esters is 2. The molecule has 2 aromatic carbocycles. The van der Waals surface area contributed by atoms with Crippen LogP contribution in [0.25, 0.3) is 12.2 Å². The van der Waals surface area contributed by atoms with E-state index in [-0.39, 0.29) is 35.8 Å². The third kappa shape index (κ3) is 9.42. The van der Waals surface area contributed by atoms with E-state index in [9.17, 15) is 19.5 Å². The van der Waals surface area contributed by atoms with Crippen LogP contribution in [-0.4, -0.2) is 34.9 Å². The number of hydrogen-bond acceptors (Lipinski definition) is 8. The Balaban J connectivity index is 0.00000588. The Labute approximate surface area is 247 Å². The van der Waals surface area contributed by atoms with Crippen molar-refractivity contribution < 1.29 is 29.0 Å². The van der Waals surface area contributed by atoms with Crippen LogP contribution in [0.2, 0.25) is 0 Å². The molecule has 9 heteroatoms. The lowest BCUT2D eigenvalue weighted by molar-refractivity contribution is -0.137. The van der Waals surface area contributed by atoms with Crippen molar-refractivity contribution in [1.29, 1.82) is 0 Å². The molecule has 0 radical (unpaired) electrons. The second kappa shape index (κ2) is 15.3.